The Balaban J connectivity index is 1.41. The quantitative estimate of drug-likeness (QED) is 0.203. The number of halogens is 5. The number of sulfonamides is 1. The topological polar surface area (TPSA) is 93.7 Å². The van der Waals surface area contributed by atoms with Gasteiger partial charge in [-0.3, -0.25) is 9.52 Å². The number of rotatable bonds is 9. The number of nitrogens with one attached hydrogen (secondary N) is 2. The second-order valence-corrected chi connectivity index (χ2v) is 10.7. The third-order valence-corrected chi connectivity index (χ3v) is 7.11. The molecule has 4 aromatic carbocycles. The molecule has 0 heterocycles. The maximum absolute atomic E-state index is 12.9. The molecule has 7 nitrogen and oxygen atoms in total. The van der Waals surface area contributed by atoms with Crippen LogP contribution < -0.4 is 19.5 Å². The molecule has 0 bridgehead atoms. The van der Waals surface area contributed by atoms with Crippen LogP contribution in [0.5, 0.6) is 17.2 Å². The number of amides is 1. The lowest BCUT2D eigenvalue weighted by molar-refractivity contribution is -0.137. The summed E-state index contributed by atoms with van der Waals surface area (Å²) >= 11 is 12.2. The van der Waals surface area contributed by atoms with Gasteiger partial charge in [-0.15, -0.1) is 0 Å². The Morgan fingerprint density at radius 2 is 1.57 bits per heavy atom. The van der Waals surface area contributed by atoms with Crippen molar-refractivity contribution < 1.29 is 35.9 Å². The minimum Gasteiger partial charge on any atom is -0.482 e. The molecule has 4 rings (SSSR count). The SMILES string of the molecule is O=C(COc1ccc(S(=O)(=O)Nc2cccc(C(F)(F)F)c2)cc1Cl)Nc1cc(Cl)ccc1Oc1ccccc1. The normalized spacial score (nSPS) is 11.5. The fourth-order valence-electron chi connectivity index (χ4n) is 3.37. The van der Waals surface area contributed by atoms with Crippen molar-refractivity contribution in [1.82, 2.24) is 0 Å². The molecule has 0 saturated carbocycles. The van der Waals surface area contributed by atoms with Crippen molar-refractivity contribution in [1.29, 1.82) is 0 Å². The summed E-state index contributed by atoms with van der Waals surface area (Å²) < 4.78 is 77.6. The van der Waals surface area contributed by atoms with E-state index in [9.17, 15) is 26.4 Å². The van der Waals surface area contributed by atoms with E-state index in [1.165, 1.54) is 18.2 Å². The number of ether oxygens (including phenoxy) is 2. The van der Waals surface area contributed by atoms with Gasteiger partial charge in [0.25, 0.3) is 15.9 Å². The van der Waals surface area contributed by atoms with Gasteiger partial charge >= 0.3 is 6.18 Å². The predicted molar refractivity (Wildman–Crippen MR) is 146 cm³/mol. The molecule has 0 radical (unpaired) electrons. The first-order valence-corrected chi connectivity index (χ1v) is 13.6. The largest absolute Gasteiger partial charge is 0.482 e. The molecule has 0 spiro atoms. The maximum atomic E-state index is 12.9. The van der Waals surface area contributed by atoms with Crippen LogP contribution in [0.1, 0.15) is 5.56 Å². The Kier molecular flexibility index (Phi) is 8.77. The zero-order chi connectivity index (χ0) is 28.9. The van der Waals surface area contributed by atoms with Crippen LogP contribution in [0.15, 0.2) is 95.9 Å². The molecular weight excluding hydrogens is 592 g/mol. The first kappa shape index (κ1) is 29.1. The lowest BCUT2D eigenvalue weighted by atomic mass is 10.2. The summed E-state index contributed by atoms with van der Waals surface area (Å²) in [6.45, 7) is -0.494. The van der Waals surface area contributed by atoms with Crippen LogP contribution in [0, 0.1) is 0 Å². The molecule has 208 valence electrons. The van der Waals surface area contributed by atoms with Gasteiger partial charge in [0.2, 0.25) is 0 Å². The van der Waals surface area contributed by atoms with Gasteiger partial charge in [-0.25, -0.2) is 8.42 Å². The number of para-hydroxylation sites is 1. The fraction of sp³-hybridized carbons (Fsp3) is 0.0741. The highest BCUT2D eigenvalue weighted by molar-refractivity contribution is 7.92. The van der Waals surface area contributed by atoms with Crippen molar-refractivity contribution in [3.05, 3.63) is 107 Å². The highest BCUT2D eigenvalue weighted by Crippen LogP contribution is 2.34. The van der Waals surface area contributed by atoms with Gasteiger partial charge in [-0.2, -0.15) is 13.2 Å². The van der Waals surface area contributed by atoms with Crippen molar-refractivity contribution in [3.63, 3.8) is 0 Å². The van der Waals surface area contributed by atoms with Crippen molar-refractivity contribution >= 4 is 50.5 Å². The Labute approximate surface area is 237 Å². The molecule has 0 aliphatic carbocycles. The number of carbonyl (C=O) groups excluding carboxylic acids is 1. The molecule has 1 amide bonds. The Morgan fingerprint density at radius 3 is 2.27 bits per heavy atom. The zero-order valence-electron chi connectivity index (χ0n) is 20.2. The van der Waals surface area contributed by atoms with Crippen LogP contribution in [0.3, 0.4) is 0 Å². The van der Waals surface area contributed by atoms with Crippen LogP contribution in [-0.4, -0.2) is 20.9 Å². The van der Waals surface area contributed by atoms with Crippen LogP contribution in [0.2, 0.25) is 10.0 Å². The van der Waals surface area contributed by atoms with E-state index < -0.39 is 34.3 Å². The molecule has 0 aromatic heterocycles. The summed E-state index contributed by atoms with van der Waals surface area (Å²) in [6.07, 6.45) is -4.64. The van der Waals surface area contributed by atoms with Gasteiger partial charge in [0.15, 0.2) is 12.4 Å². The number of hydrogen-bond acceptors (Lipinski definition) is 5. The molecule has 0 saturated heterocycles. The fourth-order valence-corrected chi connectivity index (χ4v) is 4.92. The average Bonchev–Trinajstić information content (AvgIpc) is 2.89. The van der Waals surface area contributed by atoms with Gasteiger partial charge in [0.05, 0.1) is 21.2 Å². The molecule has 0 atom stereocenters. The number of hydrogen-bond donors (Lipinski definition) is 2. The highest BCUT2D eigenvalue weighted by Gasteiger charge is 2.30. The molecule has 0 fully saturated rings. The van der Waals surface area contributed by atoms with Crippen molar-refractivity contribution in [2.75, 3.05) is 16.6 Å². The van der Waals surface area contributed by atoms with Crippen LogP contribution in [0.25, 0.3) is 0 Å². The number of anilines is 2. The average molecular weight is 611 g/mol. The van der Waals surface area contributed by atoms with Crippen LogP contribution in [0.4, 0.5) is 24.5 Å². The third kappa shape index (κ3) is 7.59. The van der Waals surface area contributed by atoms with Crippen LogP contribution in [-0.2, 0) is 21.0 Å². The molecule has 40 heavy (non-hydrogen) atoms. The predicted octanol–water partition coefficient (Wildman–Crippen LogP) is 7.62. The van der Waals surface area contributed by atoms with E-state index >= 15 is 0 Å². The molecule has 0 aliphatic rings. The maximum Gasteiger partial charge on any atom is 0.416 e. The molecule has 0 aliphatic heterocycles. The minimum atomic E-state index is -4.64. The first-order valence-electron chi connectivity index (χ1n) is 11.4. The number of carbonyl (C=O) groups is 1. The van der Waals surface area contributed by atoms with Crippen molar-refractivity contribution in [3.8, 4) is 17.2 Å². The summed E-state index contributed by atoms with van der Waals surface area (Å²) in [5.74, 6) is 0.298. The van der Waals surface area contributed by atoms with Crippen LogP contribution >= 0.6 is 23.2 Å². The van der Waals surface area contributed by atoms with Gasteiger partial charge in [-0.1, -0.05) is 47.5 Å². The zero-order valence-corrected chi connectivity index (χ0v) is 22.5. The van der Waals surface area contributed by atoms with Crippen molar-refractivity contribution in [2.24, 2.45) is 0 Å². The summed E-state index contributed by atoms with van der Waals surface area (Å²) in [7, 11) is -4.28. The van der Waals surface area contributed by atoms with Gasteiger partial charge < -0.3 is 14.8 Å². The first-order chi connectivity index (χ1) is 18.9. The Bertz CT molecular complexity index is 1640. The summed E-state index contributed by atoms with van der Waals surface area (Å²) in [5.41, 5.74) is -0.998. The standard InChI is InChI=1S/C27H19Cl2F3N2O5S/c28-18-9-11-25(39-20-7-2-1-3-8-20)23(14-18)33-26(35)16-38-24-12-10-21(15-22(24)29)40(36,37)34-19-6-4-5-17(13-19)27(30,31)32/h1-15,34H,16H2,(H,33,35). The Hall–Kier alpha value is -3.93. The monoisotopic (exact) mass is 610 g/mol. The highest BCUT2D eigenvalue weighted by atomic mass is 35.5. The minimum absolute atomic E-state index is 0.00156. The van der Waals surface area contributed by atoms with E-state index in [4.69, 9.17) is 32.7 Å². The Morgan fingerprint density at radius 1 is 0.850 bits per heavy atom. The third-order valence-electron chi connectivity index (χ3n) is 5.20. The van der Waals surface area contributed by atoms with E-state index in [1.54, 1.807) is 36.4 Å². The number of benzene rings is 4. The number of alkyl halides is 3. The van der Waals surface area contributed by atoms with E-state index in [-0.39, 0.29) is 27.0 Å². The summed E-state index contributed by atoms with van der Waals surface area (Å²) in [4.78, 5) is 12.3. The second kappa shape index (κ2) is 12.1. The van der Waals surface area contributed by atoms with E-state index in [0.717, 1.165) is 24.3 Å². The van der Waals surface area contributed by atoms with Gasteiger partial charge in [-0.05, 0) is 66.7 Å². The molecular formula is C27H19Cl2F3N2O5S. The molecule has 2 N–H and O–H groups in total. The van der Waals surface area contributed by atoms with Gasteiger partial charge in [0.1, 0.15) is 11.5 Å². The molecule has 0 unspecified atom stereocenters. The van der Waals surface area contributed by atoms with Crippen molar-refractivity contribution in [2.45, 2.75) is 11.1 Å². The summed E-state index contributed by atoms with van der Waals surface area (Å²) in [6, 6.07) is 20.7. The molecule has 4 aromatic rings. The van der Waals surface area contributed by atoms with Gasteiger partial charge in [0, 0.05) is 10.7 Å². The second-order valence-electron chi connectivity index (χ2n) is 8.17. The van der Waals surface area contributed by atoms with E-state index in [1.807, 2.05) is 6.07 Å². The van der Waals surface area contributed by atoms with E-state index in [0.29, 0.717) is 22.6 Å². The smallest absolute Gasteiger partial charge is 0.416 e. The lowest BCUT2D eigenvalue weighted by Crippen LogP contribution is -2.20. The lowest BCUT2D eigenvalue weighted by Gasteiger charge is -2.14. The van der Waals surface area contributed by atoms with E-state index in [2.05, 4.69) is 10.0 Å². The molecule has 13 heteroatoms. The summed E-state index contributed by atoms with van der Waals surface area (Å²) in [5, 5.41) is 2.85.